The number of aromatic nitrogens is 2. The second-order valence-corrected chi connectivity index (χ2v) is 9.35. The number of carbonyl (C=O) groups excluding carboxylic acids is 2. The Labute approximate surface area is 179 Å². The molecule has 1 fully saturated rings. The van der Waals surface area contributed by atoms with Crippen molar-refractivity contribution in [1.82, 2.24) is 14.7 Å². The SMILES string of the molecule is CC(=O)C1(c2ccccc2)CCN(C=CC(=O)c2c(C)nn(C(C)(C)C)c2C)CC1. The molecule has 0 radical (unpaired) electrons. The van der Waals surface area contributed by atoms with E-state index in [0.717, 1.165) is 42.9 Å². The standard InChI is InChI=1S/C25H33N3O2/c1-18-23(19(2)28(26-18)24(4,5)6)22(30)12-15-27-16-13-25(14-17-27,20(3)29)21-10-8-7-9-11-21/h7-12,15H,13-14,16-17H2,1-6H3. The number of nitrogens with zero attached hydrogens (tertiary/aromatic N) is 3. The Morgan fingerprint density at radius 2 is 1.67 bits per heavy atom. The van der Waals surface area contributed by atoms with Crippen LogP contribution in [0.25, 0.3) is 0 Å². The molecule has 30 heavy (non-hydrogen) atoms. The monoisotopic (exact) mass is 407 g/mol. The van der Waals surface area contributed by atoms with E-state index in [0.29, 0.717) is 5.56 Å². The Bertz CT molecular complexity index is 956. The lowest BCUT2D eigenvalue weighted by Crippen LogP contribution is -2.44. The average Bonchev–Trinajstić information content (AvgIpc) is 3.01. The van der Waals surface area contributed by atoms with Crippen molar-refractivity contribution in [2.24, 2.45) is 0 Å². The average molecular weight is 408 g/mol. The molecule has 0 saturated carbocycles. The minimum absolute atomic E-state index is 0.0213. The first-order valence-corrected chi connectivity index (χ1v) is 10.7. The van der Waals surface area contributed by atoms with Gasteiger partial charge >= 0.3 is 0 Å². The summed E-state index contributed by atoms with van der Waals surface area (Å²) in [6.07, 6.45) is 5.04. The summed E-state index contributed by atoms with van der Waals surface area (Å²) in [6.45, 7) is 13.3. The summed E-state index contributed by atoms with van der Waals surface area (Å²) in [7, 11) is 0. The molecule has 1 saturated heterocycles. The molecule has 0 bridgehead atoms. The molecule has 2 aromatic rings. The molecule has 0 N–H and O–H groups in total. The Morgan fingerprint density at radius 1 is 1.07 bits per heavy atom. The second kappa shape index (κ2) is 8.21. The molecule has 0 aliphatic carbocycles. The fourth-order valence-corrected chi connectivity index (χ4v) is 4.56. The van der Waals surface area contributed by atoms with Gasteiger partial charge in [0.25, 0.3) is 0 Å². The minimum atomic E-state index is -0.420. The van der Waals surface area contributed by atoms with Crippen molar-refractivity contribution in [2.75, 3.05) is 13.1 Å². The zero-order valence-corrected chi connectivity index (χ0v) is 19.0. The van der Waals surface area contributed by atoms with Crippen LogP contribution in [0.1, 0.15) is 67.8 Å². The molecule has 0 unspecified atom stereocenters. The van der Waals surface area contributed by atoms with Crippen molar-refractivity contribution in [2.45, 2.75) is 65.3 Å². The molecule has 1 aliphatic heterocycles. The lowest BCUT2D eigenvalue weighted by Gasteiger charge is -2.40. The molecule has 160 valence electrons. The summed E-state index contributed by atoms with van der Waals surface area (Å²) < 4.78 is 1.92. The molecular formula is C25H33N3O2. The van der Waals surface area contributed by atoms with Gasteiger partial charge in [0.05, 0.1) is 22.2 Å². The number of rotatable bonds is 5. The van der Waals surface area contributed by atoms with Crippen LogP contribution in [0.3, 0.4) is 0 Å². The highest BCUT2D eigenvalue weighted by Gasteiger charge is 2.39. The van der Waals surface area contributed by atoms with Crippen molar-refractivity contribution in [3.63, 3.8) is 0 Å². The molecular weight excluding hydrogens is 374 g/mol. The summed E-state index contributed by atoms with van der Waals surface area (Å²) in [6, 6.07) is 10.1. The van der Waals surface area contributed by atoms with Gasteiger partial charge in [-0.3, -0.25) is 14.3 Å². The van der Waals surface area contributed by atoms with Gasteiger partial charge in [0.2, 0.25) is 0 Å². The van der Waals surface area contributed by atoms with Crippen LogP contribution in [0.15, 0.2) is 42.6 Å². The third kappa shape index (κ3) is 4.11. The van der Waals surface area contributed by atoms with E-state index in [4.69, 9.17) is 0 Å². The normalized spacial score (nSPS) is 16.8. The fourth-order valence-electron chi connectivity index (χ4n) is 4.56. The predicted molar refractivity (Wildman–Crippen MR) is 120 cm³/mol. The minimum Gasteiger partial charge on any atom is -0.377 e. The molecule has 0 amide bonds. The number of Topliss-reactive ketones (excluding diaryl/α,β-unsaturated/α-hetero) is 1. The number of hydrogen-bond donors (Lipinski definition) is 0. The van der Waals surface area contributed by atoms with Gasteiger partial charge in [0.15, 0.2) is 5.78 Å². The number of aryl methyl sites for hydroxylation is 1. The van der Waals surface area contributed by atoms with E-state index < -0.39 is 5.41 Å². The van der Waals surface area contributed by atoms with Gasteiger partial charge in [-0.2, -0.15) is 5.10 Å². The van der Waals surface area contributed by atoms with Gasteiger partial charge < -0.3 is 4.90 Å². The largest absolute Gasteiger partial charge is 0.377 e. The molecule has 5 heteroatoms. The highest BCUT2D eigenvalue weighted by atomic mass is 16.1. The van der Waals surface area contributed by atoms with Crippen molar-refractivity contribution < 1.29 is 9.59 Å². The van der Waals surface area contributed by atoms with Crippen LogP contribution in [0.2, 0.25) is 0 Å². The van der Waals surface area contributed by atoms with E-state index in [1.165, 1.54) is 0 Å². The molecule has 1 aromatic heterocycles. The zero-order valence-electron chi connectivity index (χ0n) is 19.0. The third-order valence-electron chi connectivity index (χ3n) is 6.26. The molecule has 5 nitrogen and oxygen atoms in total. The first kappa shape index (κ1) is 22.0. The number of allylic oxidation sites excluding steroid dienone is 1. The highest BCUT2D eigenvalue weighted by molar-refractivity contribution is 6.06. The van der Waals surface area contributed by atoms with E-state index in [1.807, 2.05) is 42.9 Å². The topological polar surface area (TPSA) is 55.2 Å². The quantitative estimate of drug-likeness (QED) is 0.538. The maximum atomic E-state index is 12.9. The van der Waals surface area contributed by atoms with E-state index in [-0.39, 0.29) is 17.1 Å². The summed E-state index contributed by atoms with van der Waals surface area (Å²) in [5, 5.41) is 4.58. The second-order valence-electron chi connectivity index (χ2n) is 9.35. The predicted octanol–water partition coefficient (Wildman–Crippen LogP) is 4.57. The molecule has 0 spiro atoms. The summed E-state index contributed by atoms with van der Waals surface area (Å²) in [5.41, 5.74) is 2.84. The Kier molecular flexibility index (Phi) is 6.02. The van der Waals surface area contributed by atoms with Crippen LogP contribution in [0, 0.1) is 13.8 Å². The van der Waals surface area contributed by atoms with Gasteiger partial charge in [-0.25, -0.2) is 0 Å². The van der Waals surface area contributed by atoms with Crippen LogP contribution in [-0.4, -0.2) is 39.3 Å². The lowest BCUT2D eigenvalue weighted by atomic mass is 9.70. The number of ketones is 2. The van der Waals surface area contributed by atoms with Crippen molar-refractivity contribution in [3.05, 3.63) is 65.1 Å². The number of piperidine rings is 1. The van der Waals surface area contributed by atoms with Crippen LogP contribution in [-0.2, 0) is 15.7 Å². The molecule has 1 aliphatic rings. The number of benzene rings is 1. The van der Waals surface area contributed by atoms with E-state index in [9.17, 15) is 9.59 Å². The van der Waals surface area contributed by atoms with Crippen LogP contribution < -0.4 is 0 Å². The van der Waals surface area contributed by atoms with E-state index in [1.54, 1.807) is 13.0 Å². The Balaban J connectivity index is 1.73. The summed E-state index contributed by atoms with van der Waals surface area (Å²) in [5.74, 6) is 0.196. The highest BCUT2D eigenvalue weighted by Crippen LogP contribution is 2.36. The maximum absolute atomic E-state index is 12.9. The molecule has 0 atom stereocenters. The van der Waals surface area contributed by atoms with E-state index in [2.05, 4.69) is 42.9 Å². The lowest BCUT2D eigenvalue weighted by molar-refractivity contribution is -0.124. The number of carbonyl (C=O) groups is 2. The van der Waals surface area contributed by atoms with Crippen LogP contribution >= 0.6 is 0 Å². The summed E-state index contributed by atoms with van der Waals surface area (Å²) in [4.78, 5) is 27.6. The van der Waals surface area contributed by atoms with Gasteiger partial charge in [0, 0.05) is 31.1 Å². The maximum Gasteiger partial charge on any atom is 0.190 e. The van der Waals surface area contributed by atoms with Crippen molar-refractivity contribution in [3.8, 4) is 0 Å². The van der Waals surface area contributed by atoms with Crippen molar-refractivity contribution in [1.29, 1.82) is 0 Å². The summed E-state index contributed by atoms with van der Waals surface area (Å²) >= 11 is 0. The molecule has 3 rings (SSSR count). The first-order valence-electron chi connectivity index (χ1n) is 10.7. The number of likely N-dealkylation sites (tertiary alicyclic amines) is 1. The zero-order chi connectivity index (χ0) is 22.1. The van der Waals surface area contributed by atoms with Crippen LogP contribution in [0.4, 0.5) is 0 Å². The molecule has 1 aromatic carbocycles. The molecule has 2 heterocycles. The van der Waals surface area contributed by atoms with Gasteiger partial charge in [-0.05, 0) is 59.9 Å². The van der Waals surface area contributed by atoms with Crippen LogP contribution in [0.5, 0.6) is 0 Å². The fraction of sp³-hybridized carbons (Fsp3) is 0.480. The van der Waals surface area contributed by atoms with E-state index >= 15 is 0 Å². The van der Waals surface area contributed by atoms with Crippen molar-refractivity contribution >= 4 is 11.6 Å². The first-order chi connectivity index (χ1) is 14.1. The van der Waals surface area contributed by atoms with Gasteiger partial charge in [-0.15, -0.1) is 0 Å². The third-order valence-corrected chi connectivity index (χ3v) is 6.26. The Hall–Kier alpha value is -2.69. The van der Waals surface area contributed by atoms with Gasteiger partial charge in [-0.1, -0.05) is 30.3 Å². The van der Waals surface area contributed by atoms with Gasteiger partial charge in [0.1, 0.15) is 5.78 Å². The Morgan fingerprint density at radius 3 is 2.17 bits per heavy atom. The smallest absolute Gasteiger partial charge is 0.190 e. The number of hydrogen-bond acceptors (Lipinski definition) is 4.